The Kier molecular flexibility index (Phi) is 25.8. The number of aliphatic carboxylic acids is 1. The average Bonchev–Trinajstić information content (AvgIpc) is 2.84. The molecule has 1 atom stereocenters. The van der Waals surface area contributed by atoms with Crippen molar-refractivity contribution >= 4 is 11.9 Å². The maximum absolute atomic E-state index is 11.9. The quantitative estimate of drug-likeness (QED) is 0.0670. The zero-order chi connectivity index (χ0) is 25.8. The van der Waals surface area contributed by atoms with E-state index in [-0.39, 0.29) is 13.0 Å². The van der Waals surface area contributed by atoms with Crippen molar-refractivity contribution < 1.29 is 19.4 Å². The van der Waals surface area contributed by atoms with Gasteiger partial charge in [0, 0.05) is 0 Å². The maximum Gasteiger partial charge on any atom is 0.309 e. The monoisotopic (exact) mass is 492 g/mol. The molecule has 0 aromatic rings. The lowest BCUT2D eigenvalue weighted by Crippen LogP contribution is -2.21. The van der Waals surface area contributed by atoms with Gasteiger partial charge in [0.2, 0.25) is 0 Å². The van der Waals surface area contributed by atoms with Crippen LogP contribution in [0.2, 0.25) is 0 Å². The van der Waals surface area contributed by atoms with E-state index in [1.165, 1.54) is 122 Å². The largest absolute Gasteiger partial charge is 0.481 e. The van der Waals surface area contributed by atoms with Crippen molar-refractivity contribution in [3.8, 4) is 0 Å². The van der Waals surface area contributed by atoms with Gasteiger partial charge in [-0.1, -0.05) is 141 Å². The number of carboxylic acid groups (broad SMARTS) is 1. The van der Waals surface area contributed by atoms with Crippen LogP contribution in [0.1, 0.15) is 148 Å². The van der Waals surface area contributed by atoms with Gasteiger partial charge in [-0.05, 0) is 19.3 Å². The fourth-order valence-corrected chi connectivity index (χ4v) is 4.63. The Labute approximate surface area is 217 Å². The van der Waals surface area contributed by atoms with Crippen LogP contribution in [0.15, 0.2) is 25.3 Å². The Morgan fingerprint density at radius 3 is 1.31 bits per heavy atom. The summed E-state index contributed by atoms with van der Waals surface area (Å²) in [6.45, 7) is 7.44. The first kappa shape index (κ1) is 33.4. The molecule has 0 aromatic heterocycles. The van der Waals surface area contributed by atoms with E-state index < -0.39 is 17.9 Å². The summed E-state index contributed by atoms with van der Waals surface area (Å²) in [5.41, 5.74) is 0. The number of carboxylic acids is 1. The van der Waals surface area contributed by atoms with E-state index in [9.17, 15) is 9.59 Å². The Bertz CT molecular complexity index is 514. The van der Waals surface area contributed by atoms with Gasteiger partial charge >= 0.3 is 11.9 Å². The lowest BCUT2D eigenvalue weighted by molar-refractivity contribution is -0.152. The molecule has 0 saturated heterocycles. The Morgan fingerprint density at radius 2 is 0.971 bits per heavy atom. The number of allylic oxidation sites excluding steroid dienone is 1. The minimum atomic E-state index is -0.943. The van der Waals surface area contributed by atoms with Crippen molar-refractivity contribution in [3.63, 3.8) is 0 Å². The third-order valence-corrected chi connectivity index (χ3v) is 6.81. The van der Waals surface area contributed by atoms with Gasteiger partial charge < -0.3 is 9.84 Å². The molecule has 0 radical (unpaired) electrons. The predicted molar refractivity (Wildman–Crippen MR) is 149 cm³/mol. The molecule has 0 saturated carbocycles. The van der Waals surface area contributed by atoms with Crippen molar-refractivity contribution in [2.75, 3.05) is 6.61 Å². The minimum absolute atomic E-state index is 0.145. The summed E-state index contributed by atoms with van der Waals surface area (Å²) in [4.78, 5) is 22.9. The van der Waals surface area contributed by atoms with E-state index in [4.69, 9.17) is 9.84 Å². The van der Waals surface area contributed by atoms with Crippen LogP contribution >= 0.6 is 0 Å². The summed E-state index contributed by atoms with van der Waals surface area (Å²) in [5.74, 6) is -1.88. The van der Waals surface area contributed by atoms with E-state index in [1.54, 1.807) is 0 Å². The number of hydrogen-bond donors (Lipinski definition) is 1. The van der Waals surface area contributed by atoms with Gasteiger partial charge in [-0.15, -0.1) is 6.58 Å². The van der Waals surface area contributed by atoms with Gasteiger partial charge in [-0.25, -0.2) is 0 Å². The van der Waals surface area contributed by atoms with Crippen LogP contribution < -0.4 is 0 Å². The number of esters is 1. The molecule has 0 amide bonds. The summed E-state index contributed by atoms with van der Waals surface area (Å²) < 4.78 is 5.03. The third-order valence-electron chi connectivity index (χ3n) is 6.81. The first-order valence-corrected chi connectivity index (χ1v) is 14.7. The predicted octanol–water partition coefficient (Wildman–Crippen LogP) is 9.57. The van der Waals surface area contributed by atoms with Crippen molar-refractivity contribution in [1.29, 1.82) is 0 Å². The summed E-state index contributed by atoms with van der Waals surface area (Å²) in [5, 5.41) is 9.01. The van der Waals surface area contributed by atoms with Crippen LogP contribution in [0.5, 0.6) is 0 Å². The molecule has 4 nitrogen and oxygen atoms in total. The van der Waals surface area contributed by atoms with Gasteiger partial charge in [-0.2, -0.15) is 0 Å². The topological polar surface area (TPSA) is 63.6 Å². The van der Waals surface area contributed by atoms with Crippen molar-refractivity contribution in [3.05, 3.63) is 25.3 Å². The minimum Gasteiger partial charge on any atom is -0.481 e. The van der Waals surface area contributed by atoms with Gasteiger partial charge in [0.05, 0.1) is 12.3 Å². The normalized spacial score (nSPS) is 11.8. The highest BCUT2D eigenvalue weighted by molar-refractivity contribution is 5.79. The lowest BCUT2D eigenvalue weighted by Gasteiger charge is -2.13. The Balaban J connectivity index is 3.36. The molecule has 204 valence electrons. The fourth-order valence-electron chi connectivity index (χ4n) is 4.63. The zero-order valence-electron chi connectivity index (χ0n) is 22.8. The molecule has 1 unspecified atom stereocenters. The molecule has 0 aromatic carbocycles. The van der Waals surface area contributed by atoms with E-state index >= 15 is 0 Å². The Hall–Kier alpha value is -1.58. The number of ether oxygens (including phenoxy) is 1. The van der Waals surface area contributed by atoms with Crippen molar-refractivity contribution in [2.45, 2.75) is 148 Å². The lowest BCUT2D eigenvalue weighted by atomic mass is 9.97. The van der Waals surface area contributed by atoms with Crippen LogP contribution in [0.25, 0.3) is 0 Å². The zero-order valence-corrected chi connectivity index (χ0v) is 22.8. The van der Waals surface area contributed by atoms with Crippen molar-refractivity contribution in [2.24, 2.45) is 5.92 Å². The second kappa shape index (κ2) is 27.0. The molecule has 1 N–H and O–H groups in total. The molecule has 0 rings (SSSR count). The molecule has 0 aliphatic rings. The molecule has 0 fully saturated rings. The van der Waals surface area contributed by atoms with Gasteiger partial charge in [0.15, 0.2) is 0 Å². The standard InChI is InChI=1S/C31H56O4/c1-3-5-6-7-8-9-10-11-12-13-14-15-16-17-18-19-20-21-22-23-24-25-26-29(28-30(32)33)31(34)35-27-4-2/h3-4,29H,1-2,5-28H2,(H,32,33). The number of carbonyl (C=O) groups excluding carboxylic acids is 1. The fraction of sp³-hybridized carbons (Fsp3) is 0.806. The van der Waals surface area contributed by atoms with Crippen LogP contribution in [0.4, 0.5) is 0 Å². The highest BCUT2D eigenvalue weighted by atomic mass is 16.5. The van der Waals surface area contributed by atoms with E-state index in [1.807, 2.05) is 6.08 Å². The molecule has 0 aliphatic carbocycles. The first-order chi connectivity index (χ1) is 17.1. The van der Waals surface area contributed by atoms with Crippen LogP contribution in [0.3, 0.4) is 0 Å². The summed E-state index contributed by atoms with van der Waals surface area (Å²) in [6, 6.07) is 0. The maximum atomic E-state index is 11.9. The SMILES string of the molecule is C=CCCCCCCCCCCCCCCCCCCCCCCC(CC(=O)O)C(=O)OCC=C. The molecule has 0 aliphatic heterocycles. The highest BCUT2D eigenvalue weighted by Crippen LogP contribution is 2.18. The number of rotatable bonds is 28. The second-order valence-corrected chi connectivity index (χ2v) is 10.2. The van der Waals surface area contributed by atoms with Crippen LogP contribution in [-0.2, 0) is 14.3 Å². The molecule has 0 heterocycles. The van der Waals surface area contributed by atoms with E-state index in [0.29, 0.717) is 6.42 Å². The molecular weight excluding hydrogens is 436 g/mol. The highest BCUT2D eigenvalue weighted by Gasteiger charge is 2.22. The number of hydrogen-bond acceptors (Lipinski definition) is 3. The summed E-state index contributed by atoms with van der Waals surface area (Å²) in [6.07, 6.45) is 31.6. The van der Waals surface area contributed by atoms with Crippen LogP contribution in [0, 0.1) is 5.92 Å². The van der Waals surface area contributed by atoms with E-state index in [2.05, 4.69) is 13.2 Å². The van der Waals surface area contributed by atoms with E-state index in [0.717, 1.165) is 19.3 Å². The smallest absolute Gasteiger partial charge is 0.309 e. The van der Waals surface area contributed by atoms with Crippen molar-refractivity contribution in [1.82, 2.24) is 0 Å². The number of unbranched alkanes of at least 4 members (excludes halogenated alkanes) is 20. The second-order valence-electron chi connectivity index (χ2n) is 10.2. The summed E-state index contributed by atoms with van der Waals surface area (Å²) in [7, 11) is 0. The van der Waals surface area contributed by atoms with Gasteiger partial charge in [-0.3, -0.25) is 9.59 Å². The first-order valence-electron chi connectivity index (χ1n) is 14.7. The molecule has 35 heavy (non-hydrogen) atoms. The average molecular weight is 493 g/mol. The summed E-state index contributed by atoms with van der Waals surface area (Å²) >= 11 is 0. The van der Waals surface area contributed by atoms with Gasteiger partial charge in [0.25, 0.3) is 0 Å². The molecular formula is C31H56O4. The molecule has 4 heteroatoms. The Morgan fingerprint density at radius 1 is 0.600 bits per heavy atom. The molecule has 0 spiro atoms. The number of carbonyl (C=O) groups is 2. The van der Waals surface area contributed by atoms with Crippen LogP contribution in [-0.4, -0.2) is 23.7 Å². The van der Waals surface area contributed by atoms with Gasteiger partial charge in [0.1, 0.15) is 6.61 Å². The third kappa shape index (κ3) is 25.3. The molecule has 0 bridgehead atoms.